The number of benzene rings is 3. The predicted molar refractivity (Wildman–Crippen MR) is 150 cm³/mol. The molecule has 0 bridgehead atoms. The van der Waals surface area contributed by atoms with Crippen LogP contribution in [0, 0.1) is 0 Å². The summed E-state index contributed by atoms with van der Waals surface area (Å²) in [6.07, 6.45) is 0.719. The van der Waals surface area contributed by atoms with Gasteiger partial charge >= 0.3 is 5.97 Å². The molecule has 11 heteroatoms. The summed E-state index contributed by atoms with van der Waals surface area (Å²) in [4.78, 5) is 52.0. The largest absolute Gasteiger partial charge is 0.497 e. The number of amides is 3. The molecule has 0 saturated heterocycles. The fourth-order valence-electron chi connectivity index (χ4n) is 3.86. The number of ether oxygens (including phenoxy) is 3. The molecule has 3 aromatic carbocycles. The molecule has 0 aliphatic carbocycles. The number of nitrogens with zero attached hydrogens (tertiary/aromatic N) is 1. The number of nitrogens with one attached hydrogen (secondary N) is 2. The van der Waals surface area contributed by atoms with Gasteiger partial charge in [0.05, 0.1) is 32.1 Å². The number of hydrogen-bond acceptors (Lipinski definition) is 8. The average Bonchev–Trinajstić information content (AvgIpc) is 3.18. The molecule has 0 aromatic heterocycles. The molecule has 1 aliphatic heterocycles. The van der Waals surface area contributed by atoms with Gasteiger partial charge < -0.3 is 24.8 Å². The molecule has 206 valence electrons. The Bertz CT molecular complexity index is 1500. The van der Waals surface area contributed by atoms with Crippen molar-refractivity contribution in [3.8, 4) is 11.5 Å². The van der Waals surface area contributed by atoms with E-state index in [1.54, 1.807) is 54.6 Å². The van der Waals surface area contributed by atoms with E-state index < -0.39 is 23.7 Å². The van der Waals surface area contributed by atoms with Crippen LogP contribution in [-0.2, 0) is 14.3 Å². The number of halogens is 1. The van der Waals surface area contributed by atoms with Crippen molar-refractivity contribution in [3.05, 3.63) is 88.6 Å². The fraction of sp³-hybridized carbons (Fsp3) is 0.172. The Hall–Kier alpha value is -4.83. The minimum atomic E-state index is -0.739. The highest BCUT2D eigenvalue weighted by atomic mass is 35.5. The van der Waals surface area contributed by atoms with Crippen molar-refractivity contribution >= 4 is 52.4 Å². The maximum absolute atomic E-state index is 13.3. The van der Waals surface area contributed by atoms with Crippen molar-refractivity contribution in [1.29, 1.82) is 0 Å². The Labute approximate surface area is 235 Å². The molecule has 10 nitrogen and oxygen atoms in total. The van der Waals surface area contributed by atoms with E-state index in [9.17, 15) is 19.2 Å². The minimum absolute atomic E-state index is 0.153. The van der Waals surface area contributed by atoms with Crippen LogP contribution in [0.3, 0.4) is 0 Å². The number of rotatable bonds is 10. The summed E-state index contributed by atoms with van der Waals surface area (Å²) in [5.41, 5.74) is 1.50. The van der Waals surface area contributed by atoms with Crippen molar-refractivity contribution in [1.82, 2.24) is 0 Å². The first-order valence-corrected chi connectivity index (χ1v) is 12.6. The van der Waals surface area contributed by atoms with E-state index in [0.717, 1.165) is 11.3 Å². The number of carbonyl (C=O) groups is 4. The Morgan fingerprint density at radius 1 is 0.875 bits per heavy atom. The number of methoxy groups -OCH3 is 2. The quantitative estimate of drug-likeness (QED) is 0.262. The van der Waals surface area contributed by atoms with E-state index in [0.29, 0.717) is 29.3 Å². The first-order chi connectivity index (χ1) is 19.3. The van der Waals surface area contributed by atoms with Crippen LogP contribution in [0.15, 0.2) is 77.5 Å². The highest BCUT2D eigenvalue weighted by Crippen LogP contribution is 2.38. The molecule has 0 fully saturated rings. The molecule has 0 spiro atoms. The van der Waals surface area contributed by atoms with Gasteiger partial charge in [-0.3, -0.25) is 14.4 Å². The maximum atomic E-state index is 13.3. The number of esters is 1. The SMILES string of the molecule is CCCOC(=O)c1ccc(NC(=O)c2cccc(NC3=C(Cl)C(=O)N(c4cc(OC)ccc4OC)C3=O)c2)cc1. The molecule has 3 amide bonds. The maximum Gasteiger partial charge on any atom is 0.338 e. The summed E-state index contributed by atoms with van der Waals surface area (Å²) >= 11 is 6.28. The molecule has 1 aliphatic rings. The zero-order chi connectivity index (χ0) is 28.8. The van der Waals surface area contributed by atoms with Crippen molar-refractivity contribution in [2.75, 3.05) is 36.4 Å². The van der Waals surface area contributed by atoms with Crippen LogP contribution in [0.1, 0.15) is 34.1 Å². The monoisotopic (exact) mass is 563 g/mol. The van der Waals surface area contributed by atoms with Crippen LogP contribution in [0.5, 0.6) is 11.5 Å². The summed E-state index contributed by atoms with van der Waals surface area (Å²) in [6.45, 7) is 2.23. The summed E-state index contributed by atoms with van der Waals surface area (Å²) in [5.74, 6) is -1.61. The number of imide groups is 1. The van der Waals surface area contributed by atoms with Gasteiger partial charge in [-0.2, -0.15) is 0 Å². The Morgan fingerprint density at radius 2 is 1.62 bits per heavy atom. The zero-order valence-corrected chi connectivity index (χ0v) is 22.7. The summed E-state index contributed by atoms with van der Waals surface area (Å²) in [6, 6.07) is 17.3. The smallest absolute Gasteiger partial charge is 0.338 e. The van der Waals surface area contributed by atoms with Crippen molar-refractivity contribution in [2.45, 2.75) is 13.3 Å². The number of hydrogen-bond donors (Lipinski definition) is 2. The standard InChI is InChI=1S/C29H26ClN3O7/c1-4-14-40-29(37)17-8-10-19(11-9-17)32-26(34)18-6-5-7-20(15-18)31-25-24(30)27(35)33(28(25)36)22-16-21(38-2)12-13-23(22)39-3/h5-13,15-16,31H,4,14H2,1-3H3,(H,32,34). The third-order valence-corrected chi connectivity index (χ3v) is 6.21. The summed E-state index contributed by atoms with van der Waals surface area (Å²) < 4.78 is 15.6. The zero-order valence-electron chi connectivity index (χ0n) is 21.9. The Balaban J connectivity index is 1.49. The lowest BCUT2D eigenvalue weighted by atomic mass is 10.1. The Morgan fingerprint density at radius 3 is 2.30 bits per heavy atom. The van der Waals surface area contributed by atoms with E-state index in [1.165, 1.54) is 26.4 Å². The molecule has 2 N–H and O–H groups in total. The molecule has 4 rings (SSSR count). The van der Waals surface area contributed by atoms with Gasteiger partial charge in [0.2, 0.25) is 0 Å². The average molecular weight is 564 g/mol. The molecule has 0 saturated carbocycles. The van der Waals surface area contributed by atoms with Crippen molar-refractivity contribution in [3.63, 3.8) is 0 Å². The topological polar surface area (TPSA) is 123 Å². The highest BCUT2D eigenvalue weighted by molar-refractivity contribution is 6.53. The second-order valence-electron chi connectivity index (χ2n) is 8.55. The van der Waals surface area contributed by atoms with Gasteiger partial charge in [-0.05, 0) is 61.0 Å². The third kappa shape index (κ3) is 5.92. The van der Waals surface area contributed by atoms with E-state index in [4.69, 9.17) is 25.8 Å². The van der Waals surface area contributed by atoms with E-state index in [2.05, 4.69) is 10.6 Å². The Kier molecular flexibility index (Phi) is 8.70. The fourth-order valence-corrected chi connectivity index (χ4v) is 4.07. The van der Waals surface area contributed by atoms with Crippen LogP contribution < -0.4 is 25.0 Å². The first kappa shape index (κ1) is 28.2. The lowest BCUT2D eigenvalue weighted by molar-refractivity contribution is -0.120. The van der Waals surface area contributed by atoms with Crippen LogP contribution in [0.2, 0.25) is 0 Å². The van der Waals surface area contributed by atoms with Crippen LogP contribution >= 0.6 is 11.6 Å². The number of anilines is 3. The van der Waals surface area contributed by atoms with Crippen molar-refractivity contribution in [2.24, 2.45) is 0 Å². The van der Waals surface area contributed by atoms with Gasteiger partial charge in [-0.1, -0.05) is 24.6 Å². The highest BCUT2D eigenvalue weighted by Gasteiger charge is 2.40. The molecule has 40 heavy (non-hydrogen) atoms. The van der Waals surface area contributed by atoms with E-state index in [-0.39, 0.29) is 27.7 Å². The van der Waals surface area contributed by atoms with Gasteiger partial charge in [0, 0.05) is 23.0 Å². The molecule has 0 radical (unpaired) electrons. The molecular formula is C29H26ClN3O7. The first-order valence-electron chi connectivity index (χ1n) is 12.2. The van der Waals surface area contributed by atoms with Gasteiger partial charge in [0.15, 0.2) is 0 Å². The second kappa shape index (κ2) is 12.4. The lowest BCUT2D eigenvalue weighted by Gasteiger charge is -2.19. The normalized spacial score (nSPS) is 12.8. The van der Waals surface area contributed by atoms with Gasteiger partial charge in [-0.15, -0.1) is 0 Å². The van der Waals surface area contributed by atoms with E-state index >= 15 is 0 Å². The van der Waals surface area contributed by atoms with Gasteiger partial charge in [-0.25, -0.2) is 9.69 Å². The number of carbonyl (C=O) groups excluding carboxylic acids is 4. The van der Waals surface area contributed by atoms with Crippen LogP contribution in [-0.4, -0.2) is 44.5 Å². The van der Waals surface area contributed by atoms with E-state index in [1.807, 2.05) is 6.92 Å². The third-order valence-electron chi connectivity index (χ3n) is 5.86. The molecule has 1 heterocycles. The van der Waals surface area contributed by atoms with Crippen LogP contribution in [0.25, 0.3) is 0 Å². The van der Waals surface area contributed by atoms with Crippen LogP contribution in [0.4, 0.5) is 17.1 Å². The predicted octanol–water partition coefficient (Wildman–Crippen LogP) is 4.96. The summed E-state index contributed by atoms with van der Waals surface area (Å²) in [7, 11) is 2.87. The van der Waals surface area contributed by atoms with Crippen molar-refractivity contribution < 1.29 is 33.4 Å². The second-order valence-corrected chi connectivity index (χ2v) is 8.92. The van der Waals surface area contributed by atoms with Gasteiger partial charge in [0.1, 0.15) is 22.2 Å². The molecule has 3 aromatic rings. The minimum Gasteiger partial charge on any atom is -0.497 e. The lowest BCUT2D eigenvalue weighted by Crippen LogP contribution is -2.32. The van der Waals surface area contributed by atoms with Gasteiger partial charge in [0.25, 0.3) is 17.7 Å². The summed E-state index contributed by atoms with van der Waals surface area (Å²) in [5, 5.41) is 5.30. The molecule has 0 unspecified atom stereocenters. The molecule has 0 atom stereocenters. The molecular weight excluding hydrogens is 538 g/mol.